The van der Waals surface area contributed by atoms with E-state index in [1.54, 1.807) is 13.2 Å². The molecule has 1 heterocycles. The lowest BCUT2D eigenvalue weighted by Gasteiger charge is -2.21. The van der Waals surface area contributed by atoms with Crippen molar-refractivity contribution in [2.24, 2.45) is 0 Å². The van der Waals surface area contributed by atoms with E-state index in [9.17, 15) is 4.39 Å². The third kappa shape index (κ3) is 3.41. The highest BCUT2D eigenvalue weighted by molar-refractivity contribution is 9.10. The second-order valence-corrected chi connectivity index (χ2v) is 6.62. The fourth-order valence-electron chi connectivity index (χ4n) is 2.59. The van der Waals surface area contributed by atoms with Gasteiger partial charge in [0.25, 0.3) is 0 Å². The molecule has 0 amide bonds. The van der Waals surface area contributed by atoms with E-state index in [2.05, 4.69) is 32.4 Å². The standard InChI is InChI=1S/C15H19BrClFN2O/c1-4-5-10(8-21-3)20-14-6-11(16)12(18)7-13(14)19-15(20)9(2)17/h6-7,9-10H,4-5,8H2,1-3H3. The zero-order chi connectivity index (χ0) is 15.6. The third-order valence-electron chi connectivity index (χ3n) is 3.46. The Morgan fingerprint density at radius 2 is 2.19 bits per heavy atom. The Morgan fingerprint density at radius 1 is 1.48 bits per heavy atom. The summed E-state index contributed by atoms with van der Waals surface area (Å²) in [5.41, 5.74) is 1.50. The van der Waals surface area contributed by atoms with E-state index in [4.69, 9.17) is 16.3 Å². The first-order valence-corrected chi connectivity index (χ1v) is 8.22. The number of benzene rings is 1. The molecule has 0 radical (unpaired) electrons. The number of methoxy groups -OCH3 is 1. The number of ether oxygens (including phenoxy) is 1. The van der Waals surface area contributed by atoms with Gasteiger partial charge in [-0.1, -0.05) is 13.3 Å². The SMILES string of the molecule is CCCC(COC)n1c(C(C)Cl)nc2cc(F)c(Br)cc21. The van der Waals surface area contributed by atoms with Gasteiger partial charge < -0.3 is 9.30 Å². The Balaban J connectivity index is 2.66. The molecule has 2 aromatic rings. The van der Waals surface area contributed by atoms with Crippen LogP contribution >= 0.6 is 27.5 Å². The number of nitrogens with zero attached hydrogens (tertiary/aromatic N) is 2. The maximum atomic E-state index is 13.7. The van der Waals surface area contributed by atoms with Crippen LogP contribution in [0.1, 0.15) is 43.9 Å². The lowest BCUT2D eigenvalue weighted by molar-refractivity contribution is 0.150. The highest BCUT2D eigenvalue weighted by Crippen LogP contribution is 2.32. The minimum atomic E-state index is -0.320. The largest absolute Gasteiger partial charge is 0.383 e. The predicted molar refractivity (Wildman–Crippen MR) is 87.5 cm³/mol. The summed E-state index contributed by atoms with van der Waals surface area (Å²) in [7, 11) is 1.68. The van der Waals surface area contributed by atoms with E-state index in [1.165, 1.54) is 6.07 Å². The molecule has 1 aromatic carbocycles. The van der Waals surface area contributed by atoms with Gasteiger partial charge in [-0.3, -0.25) is 0 Å². The molecule has 0 N–H and O–H groups in total. The van der Waals surface area contributed by atoms with Gasteiger partial charge in [-0.25, -0.2) is 9.37 Å². The number of rotatable bonds is 6. The normalized spacial score (nSPS) is 14.6. The van der Waals surface area contributed by atoms with Crippen LogP contribution in [0.4, 0.5) is 4.39 Å². The maximum absolute atomic E-state index is 13.7. The molecule has 1 aromatic heterocycles. The minimum absolute atomic E-state index is 0.138. The van der Waals surface area contributed by atoms with Gasteiger partial charge >= 0.3 is 0 Å². The number of fused-ring (bicyclic) bond motifs is 1. The van der Waals surface area contributed by atoms with Crippen LogP contribution in [0.2, 0.25) is 0 Å². The van der Waals surface area contributed by atoms with Crippen molar-refractivity contribution >= 4 is 38.6 Å². The number of halogens is 3. The van der Waals surface area contributed by atoms with E-state index in [0.717, 1.165) is 24.2 Å². The van der Waals surface area contributed by atoms with Crippen LogP contribution < -0.4 is 0 Å². The van der Waals surface area contributed by atoms with Crippen molar-refractivity contribution in [2.45, 2.75) is 38.1 Å². The topological polar surface area (TPSA) is 27.1 Å². The second kappa shape index (κ2) is 7.07. The molecule has 0 fully saturated rings. The first-order valence-electron chi connectivity index (χ1n) is 6.99. The first-order chi connectivity index (χ1) is 9.99. The van der Waals surface area contributed by atoms with E-state index in [-0.39, 0.29) is 17.2 Å². The van der Waals surface area contributed by atoms with Gasteiger partial charge in [0, 0.05) is 13.2 Å². The molecule has 0 bridgehead atoms. The maximum Gasteiger partial charge on any atom is 0.139 e. The molecule has 0 aliphatic rings. The molecular weight excluding hydrogens is 359 g/mol. The molecule has 116 valence electrons. The molecule has 0 saturated heterocycles. The number of aromatic nitrogens is 2. The van der Waals surface area contributed by atoms with Crippen LogP contribution in [0, 0.1) is 5.82 Å². The number of imidazole rings is 1. The van der Waals surface area contributed by atoms with Gasteiger partial charge in [0.15, 0.2) is 0 Å². The van der Waals surface area contributed by atoms with Crippen molar-refractivity contribution < 1.29 is 9.13 Å². The summed E-state index contributed by atoms with van der Waals surface area (Å²) in [5.74, 6) is 0.430. The summed E-state index contributed by atoms with van der Waals surface area (Å²) in [4.78, 5) is 4.51. The molecular formula is C15H19BrClFN2O. The Hall–Kier alpha value is -0.650. The van der Waals surface area contributed by atoms with Crippen LogP contribution in [0.3, 0.4) is 0 Å². The molecule has 0 saturated carbocycles. The van der Waals surface area contributed by atoms with Crippen LogP contribution in [-0.2, 0) is 4.74 Å². The van der Waals surface area contributed by atoms with E-state index < -0.39 is 0 Å². The van der Waals surface area contributed by atoms with Gasteiger partial charge in [0.2, 0.25) is 0 Å². The van der Waals surface area contributed by atoms with Crippen molar-refractivity contribution in [3.63, 3.8) is 0 Å². The van der Waals surface area contributed by atoms with Gasteiger partial charge in [0.05, 0.1) is 33.5 Å². The smallest absolute Gasteiger partial charge is 0.139 e. The Morgan fingerprint density at radius 3 is 2.76 bits per heavy atom. The van der Waals surface area contributed by atoms with Crippen molar-refractivity contribution in [2.75, 3.05) is 13.7 Å². The quantitative estimate of drug-likeness (QED) is 0.645. The second-order valence-electron chi connectivity index (χ2n) is 5.11. The van der Waals surface area contributed by atoms with Crippen molar-refractivity contribution in [1.82, 2.24) is 9.55 Å². The highest BCUT2D eigenvalue weighted by atomic mass is 79.9. The van der Waals surface area contributed by atoms with Crippen molar-refractivity contribution in [3.8, 4) is 0 Å². The van der Waals surface area contributed by atoms with E-state index in [0.29, 0.717) is 16.6 Å². The minimum Gasteiger partial charge on any atom is -0.383 e. The molecule has 21 heavy (non-hydrogen) atoms. The zero-order valence-electron chi connectivity index (χ0n) is 12.4. The van der Waals surface area contributed by atoms with Crippen LogP contribution in [0.5, 0.6) is 0 Å². The Bertz CT molecular complexity index is 624. The number of alkyl halides is 1. The number of hydrogen-bond donors (Lipinski definition) is 0. The summed E-state index contributed by atoms with van der Waals surface area (Å²) in [6, 6.07) is 3.34. The van der Waals surface area contributed by atoms with E-state index >= 15 is 0 Å². The van der Waals surface area contributed by atoms with Gasteiger partial charge in [-0.2, -0.15) is 0 Å². The van der Waals surface area contributed by atoms with Crippen LogP contribution in [-0.4, -0.2) is 23.3 Å². The molecule has 2 atom stereocenters. The molecule has 0 spiro atoms. The summed E-state index contributed by atoms with van der Waals surface area (Å²) in [5, 5.41) is -0.254. The summed E-state index contributed by atoms with van der Waals surface area (Å²) < 4.78 is 21.6. The summed E-state index contributed by atoms with van der Waals surface area (Å²) in [6.07, 6.45) is 1.97. The highest BCUT2D eigenvalue weighted by Gasteiger charge is 2.22. The molecule has 3 nitrogen and oxygen atoms in total. The first kappa shape index (κ1) is 16.7. The van der Waals surface area contributed by atoms with Gasteiger partial charge in [0.1, 0.15) is 11.6 Å². The fraction of sp³-hybridized carbons (Fsp3) is 0.533. The average molecular weight is 378 g/mol. The van der Waals surface area contributed by atoms with Crippen molar-refractivity contribution in [1.29, 1.82) is 0 Å². The van der Waals surface area contributed by atoms with Gasteiger partial charge in [-0.05, 0) is 35.3 Å². The molecule has 2 unspecified atom stereocenters. The average Bonchev–Trinajstić information content (AvgIpc) is 2.78. The Kier molecular flexibility index (Phi) is 5.63. The molecule has 6 heteroatoms. The number of hydrogen-bond acceptors (Lipinski definition) is 2. The lowest BCUT2D eigenvalue weighted by Crippen LogP contribution is -2.17. The van der Waals surface area contributed by atoms with Crippen LogP contribution in [0.15, 0.2) is 16.6 Å². The Labute approximate surface area is 137 Å². The van der Waals surface area contributed by atoms with Crippen LogP contribution in [0.25, 0.3) is 11.0 Å². The third-order valence-corrected chi connectivity index (χ3v) is 4.26. The molecule has 0 aliphatic heterocycles. The van der Waals surface area contributed by atoms with Crippen molar-refractivity contribution in [3.05, 3.63) is 28.2 Å². The zero-order valence-corrected chi connectivity index (χ0v) is 14.7. The summed E-state index contributed by atoms with van der Waals surface area (Å²) >= 11 is 9.52. The van der Waals surface area contributed by atoms with E-state index in [1.807, 2.05) is 6.92 Å². The fourth-order valence-corrected chi connectivity index (χ4v) is 3.07. The predicted octanol–water partition coefficient (Wildman–Crippen LogP) is 5.23. The van der Waals surface area contributed by atoms with Gasteiger partial charge in [-0.15, -0.1) is 11.6 Å². The summed E-state index contributed by atoms with van der Waals surface area (Å²) in [6.45, 7) is 4.58. The molecule has 2 rings (SSSR count). The molecule has 0 aliphatic carbocycles. The monoisotopic (exact) mass is 376 g/mol. The lowest BCUT2D eigenvalue weighted by atomic mass is 10.1.